The van der Waals surface area contributed by atoms with Gasteiger partial charge in [0, 0.05) is 18.5 Å². The molecular weight excluding hydrogens is 438 g/mol. The van der Waals surface area contributed by atoms with Gasteiger partial charge in [0.2, 0.25) is 0 Å². The van der Waals surface area contributed by atoms with Crippen LogP contribution in [-0.4, -0.2) is 77.6 Å². The van der Waals surface area contributed by atoms with Crippen molar-refractivity contribution in [3.8, 4) is 0 Å². The number of carboxylic acid groups (broad SMARTS) is 1. The third-order valence-electron chi connectivity index (χ3n) is 6.07. The Morgan fingerprint density at radius 3 is 2.65 bits per heavy atom. The number of aliphatic carboxylic acids is 1. The number of carboxylic acids is 1. The molecule has 0 aliphatic heterocycles. The van der Waals surface area contributed by atoms with Crippen molar-refractivity contribution < 1.29 is 34.7 Å². The smallest absolute Gasteiger partial charge is 0.331 e. The van der Waals surface area contributed by atoms with Gasteiger partial charge >= 0.3 is 5.97 Å². The van der Waals surface area contributed by atoms with Crippen LogP contribution in [0.3, 0.4) is 0 Å². The van der Waals surface area contributed by atoms with Crippen molar-refractivity contribution in [3.05, 3.63) is 70.6 Å². The van der Waals surface area contributed by atoms with Crippen LogP contribution in [-0.2, 0) is 14.3 Å². The molecule has 0 saturated heterocycles. The number of aliphatic hydroxyl groups is 3. The Bertz CT molecular complexity index is 897. The lowest BCUT2D eigenvalue weighted by Gasteiger charge is -2.21. The minimum absolute atomic E-state index is 0.0263. The molecule has 3 aliphatic rings. The van der Waals surface area contributed by atoms with Crippen molar-refractivity contribution in [3.63, 3.8) is 0 Å². The molecule has 0 heterocycles. The minimum Gasteiger partial charge on any atom is -0.508 e. The van der Waals surface area contributed by atoms with Crippen molar-refractivity contribution >= 4 is 5.97 Å². The lowest BCUT2D eigenvalue weighted by atomic mass is 9.98. The van der Waals surface area contributed by atoms with Crippen LogP contribution in [0.25, 0.3) is 0 Å². The average molecular weight is 474 g/mol. The van der Waals surface area contributed by atoms with E-state index in [1.54, 1.807) is 12.2 Å². The first-order chi connectivity index (χ1) is 16.4. The maximum atomic E-state index is 11.0. The van der Waals surface area contributed by atoms with E-state index in [1.807, 2.05) is 6.08 Å². The van der Waals surface area contributed by atoms with Gasteiger partial charge in [-0.2, -0.15) is 0 Å². The Morgan fingerprint density at radius 2 is 1.97 bits per heavy atom. The predicted molar refractivity (Wildman–Crippen MR) is 128 cm³/mol. The van der Waals surface area contributed by atoms with Crippen LogP contribution in [0.2, 0.25) is 0 Å². The molecule has 3 aliphatic carbocycles. The fraction of sp³-hybridized carbons (Fsp3) is 0.500. The number of ether oxygens (including phenoxy) is 2. The summed E-state index contributed by atoms with van der Waals surface area (Å²) in [6.07, 6.45) is 15.5. The van der Waals surface area contributed by atoms with Crippen LogP contribution in [0.1, 0.15) is 32.1 Å². The third kappa shape index (κ3) is 8.38. The van der Waals surface area contributed by atoms with Crippen LogP contribution in [0, 0.1) is 0 Å². The molecule has 5 N–H and O–H groups in total. The first-order valence-corrected chi connectivity index (χ1v) is 11.8. The Labute approximate surface area is 200 Å². The molecular formula is C26H35NO7. The summed E-state index contributed by atoms with van der Waals surface area (Å²) in [5.41, 5.74) is 3.32. The molecule has 3 rings (SSSR count). The average Bonchev–Trinajstić information content (AvgIpc) is 2.85. The fourth-order valence-electron chi connectivity index (χ4n) is 3.93. The number of aliphatic hydroxyl groups excluding tert-OH is 3. The lowest BCUT2D eigenvalue weighted by molar-refractivity contribution is -0.132. The standard InChI is InChI=1S/C26H35NO7/c28-15-21-13-24(9-10-25(21)30)34-17-22(29)14-27-12-11-18-3-7-23(8-4-18)33-16-19-1-5-20(6-2-19)26(31)32/h1,3-5,7,9-10,22-24,27-30H,2,6,8,11-17H2,(H,31,32)/t22-,23?,24?/m0/s1. The summed E-state index contributed by atoms with van der Waals surface area (Å²) < 4.78 is 11.6. The van der Waals surface area contributed by atoms with Gasteiger partial charge in [-0.25, -0.2) is 4.79 Å². The van der Waals surface area contributed by atoms with Gasteiger partial charge in [-0.3, -0.25) is 0 Å². The van der Waals surface area contributed by atoms with Crippen molar-refractivity contribution in [1.82, 2.24) is 5.32 Å². The highest BCUT2D eigenvalue weighted by Gasteiger charge is 2.18. The van der Waals surface area contributed by atoms with Crippen molar-refractivity contribution in [1.29, 1.82) is 0 Å². The van der Waals surface area contributed by atoms with Crippen molar-refractivity contribution in [2.24, 2.45) is 0 Å². The molecule has 8 heteroatoms. The zero-order valence-electron chi connectivity index (χ0n) is 19.4. The van der Waals surface area contributed by atoms with Crippen molar-refractivity contribution in [2.75, 3.05) is 32.9 Å². The number of allylic oxidation sites excluding steroid dienone is 4. The molecule has 0 saturated carbocycles. The molecule has 0 aromatic carbocycles. The maximum Gasteiger partial charge on any atom is 0.331 e. The Morgan fingerprint density at radius 1 is 1.15 bits per heavy atom. The van der Waals surface area contributed by atoms with E-state index in [0.717, 1.165) is 31.4 Å². The quantitative estimate of drug-likeness (QED) is 0.258. The second-order valence-corrected chi connectivity index (χ2v) is 8.74. The van der Waals surface area contributed by atoms with E-state index in [-0.39, 0.29) is 31.2 Å². The van der Waals surface area contributed by atoms with Gasteiger partial charge in [0.05, 0.1) is 38.1 Å². The number of carbonyl (C=O) groups is 1. The molecule has 3 atom stereocenters. The van der Waals surface area contributed by atoms with Gasteiger partial charge in [0.25, 0.3) is 0 Å². The lowest BCUT2D eigenvalue weighted by Crippen LogP contribution is -2.33. The summed E-state index contributed by atoms with van der Waals surface area (Å²) in [4.78, 5) is 11.0. The van der Waals surface area contributed by atoms with Crippen LogP contribution >= 0.6 is 0 Å². The minimum atomic E-state index is -0.852. The molecule has 34 heavy (non-hydrogen) atoms. The van der Waals surface area contributed by atoms with E-state index < -0.39 is 12.1 Å². The predicted octanol–water partition coefficient (Wildman–Crippen LogP) is 2.48. The third-order valence-corrected chi connectivity index (χ3v) is 6.07. The molecule has 0 aromatic rings. The van der Waals surface area contributed by atoms with Crippen LogP contribution in [0.5, 0.6) is 0 Å². The Kier molecular flexibility index (Phi) is 10.3. The molecule has 0 fully saturated rings. The molecule has 0 spiro atoms. The van der Waals surface area contributed by atoms with Gasteiger partial charge in [-0.05, 0) is 49.5 Å². The molecule has 8 nitrogen and oxygen atoms in total. The Balaban J connectivity index is 1.25. The highest BCUT2D eigenvalue weighted by molar-refractivity contribution is 5.87. The normalized spacial score (nSPS) is 23.4. The molecule has 186 valence electrons. The van der Waals surface area contributed by atoms with E-state index in [9.17, 15) is 20.1 Å². The highest BCUT2D eigenvalue weighted by Crippen LogP contribution is 2.22. The summed E-state index contributed by atoms with van der Waals surface area (Å²) in [6, 6.07) is 0. The summed E-state index contributed by atoms with van der Waals surface area (Å²) in [5, 5.41) is 41.2. The van der Waals surface area contributed by atoms with Crippen LogP contribution < -0.4 is 5.32 Å². The molecule has 0 amide bonds. The summed E-state index contributed by atoms with van der Waals surface area (Å²) in [5.74, 6) is -0.765. The van der Waals surface area contributed by atoms with E-state index in [0.29, 0.717) is 37.1 Å². The van der Waals surface area contributed by atoms with Gasteiger partial charge in [0.15, 0.2) is 0 Å². The number of hydrogen-bond donors (Lipinski definition) is 5. The SMILES string of the molecule is O=C(O)C1=CC=C(COC2C=CC(CCNC[C@H](O)COC3C=CC(O)=C(CO)C3)=CC2)CC1. The second-order valence-electron chi connectivity index (χ2n) is 8.74. The summed E-state index contributed by atoms with van der Waals surface area (Å²) in [6.45, 7) is 1.63. The zero-order chi connectivity index (χ0) is 24.3. The van der Waals surface area contributed by atoms with E-state index >= 15 is 0 Å². The topological polar surface area (TPSA) is 128 Å². The van der Waals surface area contributed by atoms with Gasteiger partial charge in [0.1, 0.15) is 5.76 Å². The second kappa shape index (κ2) is 13.4. The molecule has 0 bridgehead atoms. The number of nitrogens with one attached hydrogen (secondary N) is 1. The zero-order valence-corrected chi connectivity index (χ0v) is 19.4. The fourth-order valence-corrected chi connectivity index (χ4v) is 3.93. The molecule has 2 unspecified atom stereocenters. The van der Waals surface area contributed by atoms with E-state index in [4.69, 9.17) is 14.6 Å². The van der Waals surface area contributed by atoms with Crippen molar-refractivity contribution in [2.45, 2.75) is 50.4 Å². The number of hydrogen-bond acceptors (Lipinski definition) is 7. The van der Waals surface area contributed by atoms with Gasteiger partial charge < -0.3 is 35.2 Å². The maximum absolute atomic E-state index is 11.0. The van der Waals surface area contributed by atoms with Crippen LogP contribution in [0.4, 0.5) is 0 Å². The molecule has 0 aromatic heterocycles. The van der Waals surface area contributed by atoms with E-state index in [1.165, 1.54) is 11.6 Å². The van der Waals surface area contributed by atoms with E-state index in [2.05, 4.69) is 23.5 Å². The first kappa shape index (κ1) is 26.1. The number of rotatable bonds is 13. The summed E-state index contributed by atoms with van der Waals surface area (Å²) in [7, 11) is 0. The first-order valence-electron chi connectivity index (χ1n) is 11.8. The van der Waals surface area contributed by atoms with Gasteiger partial charge in [-0.15, -0.1) is 0 Å². The monoisotopic (exact) mass is 473 g/mol. The Hall–Kier alpha value is -2.49. The van der Waals surface area contributed by atoms with Crippen LogP contribution in [0.15, 0.2) is 70.6 Å². The molecule has 0 radical (unpaired) electrons. The highest BCUT2D eigenvalue weighted by atomic mass is 16.5. The largest absolute Gasteiger partial charge is 0.508 e. The van der Waals surface area contributed by atoms with Gasteiger partial charge in [-0.1, -0.05) is 42.0 Å². The summed E-state index contributed by atoms with van der Waals surface area (Å²) >= 11 is 0.